The van der Waals surface area contributed by atoms with Gasteiger partial charge in [0.05, 0.1) is 11.0 Å². The zero-order valence-electron chi connectivity index (χ0n) is 6.37. The maximum Gasteiger partial charge on any atom is 0.313 e. The third-order valence-corrected chi connectivity index (χ3v) is 1.33. The SMILES string of the molecule is O=[N+]([O-])c1cc(F)ccc1OCF. The third-order valence-electron chi connectivity index (χ3n) is 1.33. The molecule has 1 aromatic carbocycles. The van der Waals surface area contributed by atoms with Crippen molar-refractivity contribution in [2.75, 3.05) is 6.86 Å². The lowest BCUT2D eigenvalue weighted by Crippen LogP contribution is -1.97. The van der Waals surface area contributed by atoms with E-state index in [1.807, 2.05) is 0 Å². The van der Waals surface area contributed by atoms with E-state index in [1.54, 1.807) is 0 Å². The summed E-state index contributed by atoms with van der Waals surface area (Å²) in [6.45, 7) is -1.19. The first-order valence-corrected chi connectivity index (χ1v) is 3.28. The molecular weight excluding hydrogens is 184 g/mol. The van der Waals surface area contributed by atoms with E-state index in [9.17, 15) is 18.9 Å². The molecule has 0 fully saturated rings. The van der Waals surface area contributed by atoms with Gasteiger partial charge in [0, 0.05) is 0 Å². The van der Waals surface area contributed by atoms with Crippen LogP contribution in [-0.2, 0) is 0 Å². The van der Waals surface area contributed by atoms with Crippen molar-refractivity contribution in [2.45, 2.75) is 0 Å². The van der Waals surface area contributed by atoms with Gasteiger partial charge in [-0.15, -0.1) is 0 Å². The number of ether oxygens (including phenoxy) is 1. The minimum Gasteiger partial charge on any atom is -0.456 e. The van der Waals surface area contributed by atoms with E-state index in [0.717, 1.165) is 12.1 Å². The number of nitro benzene ring substituents is 1. The minimum atomic E-state index is -1.19. The fourth-order valence-corrected chi connectivity index (χ4v) is 0.814. The summed E-state index contributed by atoms with van der Waals surface area (Å²) in [6.07, 6.45) is 0. The van der Waals surface area contributed by atoms with E-state index in [-0.39, 0.29) is 5.75 Å². The molecule has 0 saturated carbocycles. The topological polar surface area (TPSA) is 52.4 Å². The van der Waals surface area contributed by atoms with E-state index in [1.165, 1.54) is 0 Å². The summed E-state index contributed by atoms with van der Waals surface area (Å²) in [4.78, 5) is 9.45. The fourth-order valence-electron chi connectivity index (χ4n) is 0.814. The van der Waals surface area contributed by atoms with E-state index in [4.69, 9.17) is 0 Å². The molecule has 0 aliphatic carbocycles. The van der Waals surface area contributed by atoms with Crippen molar-refractivity contribution >= 4 is 5.69 Å². The van der Waals surface area contributed by atoms with Gasteiger partial charge >= 0.3 is 5.69 Å². The van der Waals surface area contributed by atoms with Gasteiger partial charge in [0.2, 0.25) is 6.86 Å². The molecule has 0 atom stereocenters. The van der Waals surface area contributed by atoms with Crippen LogP contribution in [0.2, 0.25) is 0 Å². The summed E-state index contributed by atoms with van der Waals surface area (Å²) in [5.41, 5.74) is -0.586. The molecule has 0 aliphatic rings. The molecule has 0 N–H and O–H groups in total. The van der Waals surface area contributed by atoms with Crippen LogP contribution in [0, 0.1) is 15.9 Å². The predicted octanol–water partition coefficient (Wildman–Crippen LogP) is 2.04. The van der Waals surface area contributed by atoms with Crippen molar-refractivity contribution in [2.24, 2.45) is 0 Å². The summed E-state index contributed by atoms with van der Waals surface area (Å²) >= 11 is 0. The lowest BCUT2D eigenvalue weighted by atomic mass is 10.3. The number of hydrogen-bond donors (Lipinski definition) is 0. The smallest absolute Gasteiger partial charge is 0.313 e. The van der Waals surface area contributed by atoms with E-state index in [0.29, 0.717) is 6.07 Å². The zero-order valence-corrected chi connectivity index (χ0v) is 6.37. The molecular formula is C7H5F2NO3. The maximum absolute atomic E-state index is 12.5. The molecule has 1 aromatic rings. The van der Waals surface area contributed by atoms with Crippen LogP contribution >= 0.6 is 0 Å². The first kappa shape index (κ1) is 9.37. The standard InChI is InChI=1S/C7H5F2NO3/c8-4-13-7-2-1-5(9)3-6(7)10(11)12/h1-3H,4H2. The quantitative estimate of drug-likeness (QED) is 0.540. The van der Waals surface area contributed by atoms with E-state index < -0.39 is 23.3 Å². The lowest BCUT2D eigenvalue weighted by Gasteiger charge is -2.01. The average molecular weight is 189 g/mol. The first-order chi connectivity index (χ1) is 6.15. The van der Waals surface area contributed by atoms with Crippen LogP contribution in [0.25, 0.3) is 0 Å². The summed E-state index contributed by atoms with van der Waals surface area (Å²) in [5, 5.41) is 10.3. The monoisotopic (exact) mass is 189 g/mol. The molecule has 0 spiro atoms. The Morgan fingerprint density at radius 1 is 1.54 bits per heavy atom. The molecule has 0 aromatic heterocycles. The molecule has 0 aliphatic heterocycles. The average Bonchev–Trinajstić information content (AvgIpc) is 2.08. The van der Waals surface area contributed by atoms with Gasteiger partial charge in [-0.05, 0) is 12.1 Å². The molecule has 0 radical (unpaired) electrons. The van der Waals surface area contributed by atoms with Gasteiger partial charge in [0.25, 0.3) is 0 Å². The number of alkyl halides is 1. The van der Waals surface area contributed by atoms with Crippen LogP contribution < -0.4 is 4.74 Å². The van der Waals surface area contributed by atoms with Crippen LogP contribution in [0.4, 0.5) is 14.5 Å². The van der Waals surface area contributed by atoms with Crippen molar-refractivity contribution in [3.8, 4) is 5.75 Å². The van der Waals surface area contributed by atoms with Crippen LogP contribution in [0.15, 0.2) is 18.2 Å². The zero-order chi connectivity index (χ0) is 9.84. The Morgan fingerprint density at radius 2 is 2.23 bits per heavy atom. The highest BCUT2D eigenvalue weighted by Crippen LogP contribution is 2.27. The molecule has 13 heavy (non-hydrogen) atoms. The van der Waals surface area contributed by atoms with Gasteiger partial charge in [-0.1, -0.05) is 0 Å². The normalized spacial score (nSPS) is 9.69. The largest absolute Gasteiger partial charge is 0.456 e. The van der Waals surface area contributed by atoms with Gasteiger partial charge in [-0.25, -0.2) is 8.78 Å². The number of nitrogens with zero attached hydrogens (tertiary/aromatic N) is 1. The van der Waals surface area contributed by atoms with E-state index >= 15 is 0 Å². The fraction of sp³-hybridized carbons (Fsp3) is 0.143. The molecule has 70 valence electrons. The highest BCUT2D eigenvalue weighted by atomic mass is 19.1. The van der Waals surface area contributed by atoms with Gasteiger partial charge in [-0.3, -0.25) is 10.1 Å². The predicted molar refractivity (Wildman–Crippen MR) is 39.7 cm³/mol. The van der Waals surface area contributed by atoms with Crippen LogP contribution in [0.3, 0.4) is 0 Å². The number of hydrogen-bond acceptors (Lipinski definition) is 3. The maximum atomic E-state index is 12.5. The Hall–Kier alpha value is -1.72. The molecule has 1 rings (SSSR count). The summed E-state index contributed by atoms with van der Waals surface area (Å²) < 4.78 is 28.5. The second kappa shape index (κ2) is 3.79. The minimum absolute atomic E-state index is 0.283. The Bertz CT molecular complexity index is 330. The number of halogens is 2. The van der Waals surface area contributed by atoms with Crippen molar-refractivity contribution in [3.05, 3.63) is 34.1 Å². The Morgan fingerprint density at radius 3 is 2.77 bits per heavy atom. The molecule has 0 bridgehead atoms. The van der Waals surface area contributed by atoms with Crippen LogP contribution in [0.5, 0.6) is 5.75 Å². The summed E-state index contributed by atoms with van der Waals surface area (Å²) in [7, 11) is 0. The highest BCUT2D eigenvalue weighted by molar-refractivity contribution is 5.46. The van der Waals surface area contributed by atoms with Crippen molar-refractivity contribution in [1.29, 1.82) is 0 Å². The Kier molecular flexibility index (Phi) is 2.73. The second-order valence-corrected chi connectivity index (χ2v) is 2.12. The number of nitro groups is 1. The second-order valence-electron chi connectivity index (χ2n) is 2.12. The van der Waals surface area contributed by atoms with Gasteiger partial charge < -0.3 is 4.74 Å². The molecule has 0 heterocycles. The molecule has 0 amide bonds. The van der Waals surface area contributed by atoms with Crippen LogP contribution in [-0.4, -0.2) is 11.8 Å². The van der Waals surface area contributed by atoms with Crippen molar-refractivity contribution in [1.82, 2.24) is 0 Å². The lowest BCUT2D eigenvalue weighted by molar-refractivity contribution is -0.386. The highest BCUT2D eigenvalue weighted by Gasteiger charge is 2.15. The summed E-state index contributed by atoms with van der Waals surface area (Å²) in [6, 6.07) is 2.63. The van der Waals surface area contributed by atoms with Gasteiger partial charge in [0.1, 0.15) is 5.82 Å². The Balaban J connectivity index is 3.10. The van der Waals surface area contributed by atoms with E-state index in [2.05, 4.69) is 4.74 Å². The third kappa shape index (κ3) is 2.11. The summed E-state index contributed by atoms with van der Waals surface area (Å²) in [5.74, 6) is -1.05. The Labute approximate surface area is 71.9 Å². The number of benzene rings is 1. The molecule has 6 heteroatoms. The van der Waals surface area contributed by atoms with Crippen molar-refractivity contribution < 1.29 is 18.4 Å². The van der Waals surface area contributed by atoms with Gasteiger partial charge in [0.15, 0.2) is 5.75 Å². The molecule has 0 unspecified atom stereocenters. The van der Waals surface area contributed by atoms with Crippen molar-refractivity contribution in [3.63, 3.8) is 0 Å². The molecule has 4 nitrogen and oxygen atoms in total. The van der Waals surface area contributed by atoms with Crippen LogP contribution in [0.1, 0.15) is 0 Å². The molecule has 0 saturated heterocycles. The van der Waals surface area contributed by atoms with Gasteiger partial charge in [-0.2, -0.15) is 0 Å². The number of rotatable bonds is 3. The first-order valence-electron chi connectivity index (χ1n) is 3.28.